The molecule has 0 aliphatic carbocycles. The number of rotatable bonds is 8. The molecular formula is C22H18N4O5. The molecule has 9 nitrogen and oxygen atoms in total. The predicted molar refractivity (Wildman–Crippen MR) is 115 cm³/mol. The Kier molecular flexibility index (Phi) is 6.69. The Morgan fingerprint density at radius 1 is 0.935 bits per heavy atom. The van der Waals surface area contributed by atoms with E-state index >= 15 is 0 Å². The van der Waals surface area contributed by atoms with Crippen LogP contribution in [0.4, 0.5) is 11.4 Å². The number of hydrogen-bond acceptors (Lipinski definition) is 7. The van der Waals surface area contributed by atoms with Crippen LogP contribution in [0.5, 0.6) is 5.75 Å². The smallest absolute Gasteiger partial charge is 0.269 e. The lowest BCUT2D eigenvalue weighted by Gasteiger charge is -2.09. The van der Waals surface area contributed by atoms with Crippen LogP contribution < -0.4 is 15.9 Å². The number of carbonyl (C=O) groups is 2. The van der Waals surface area contributed by atoms with E-state index in [1.807, 2.05) is 0 Å². The number of anilines is 1. The highest BCUT2D eigenvalue weighted by atomic mass is 16.6. The van der Waals surface area contributed by atoms with Crippen molar-refractivity contribution in [2.45, 2.75) is 0 Å². The lowest BCUT2D eigenvalue weighted by Crippen LogP contribution is -2.20. The molecule has 0 bridgehead atoms. The Labute approximate surface area is 177 Å². The third-order valence-electron chi connectivity index (χ3n) is 4.24. The molecule has 0 saturated carbocycles. The summed E-state index contributed by atoms with van der Waals surface area (Å²) < 4.78 is 5.44. The van der Waals surface area contributed by atoms with E-state index in [0.717, 1.165) is 0 Å². The number of ketones is 1. The first-order chi connectivity index (χ1) is 15.0. The maximum absolute atomic E-state index is 12.6. The molecule has 0 aliphatic rings. The molecule has 3 N–H and O–H groups in total. The number of nitrogens with one attached hydrogen (secondary N) is 1. The Morgan fingerprint density at radius 2 is 1.58 bits per heavy atom. The maximum Gasteiger partial charge on any atom is 0.269 e. The summed E-state index contributed by atoms with van der Waals surface area (Å²) in [6.45, 7) is -0.267. The summed E-state index contributed by atoms with van der Waals surface area (Å²) in [6.07, 6.45) is 0. The molecule has 0 aliphatic heterocycles. The number of nitrogens with zero attached hydrogens (tertiary/aromatic N) is 2. The third kappa shape index (κ3) is 5.51. The molecule has 0 fully saturated rings. The minimum Gasteiger partial charge on any atom is -0.484 e. The maximum atomic E-state index is 12.6. The van der Waals surface area contributed by atoms with Gasteiger partial charge in [-0.15, -0.1) is 0 Å². The van der Waals surface area contributed by atoms with Crippen LogP contribution >= 0.6 is 0 Å². The number of Topliss-reactive ketones (excluding diaryl/α,β-unsaturated/α-hetero) is 1. The van der Waals surface area contributed by atoms with Crippen LogP contribution in [-0.2, 0) is 4.79 Å². The zero-order chi connectivity index (χ0) is 22.2. The molecule has 3 aromatic rings. The van der Waals surface area contributed by atoms with Gasteiger partial charge in [0.2, 0.25) is 5.78 Å². The molecule has 156 valence electrons. The predicted octanol–water partition coefficient (Wildman–Crippen LogP) is 3.16. The molecule has 0 radical (unpaired) electrons. The van der Waals surface area contributed by atoms with Crippen LogP contribution in [0.2, 0.25) is 0 Å². The number of benzene rings is 3. The van der Waals surface area contributed by atoms with Gasteiger partial charge in [0.1, 0.15) is 11.5 Å². The normalized spacial score (nSPS) is 10.9. The van der Waals surface area contributed by atoms with Crippen molar-refractivity contribution in [1.82, 2.24) is 0 Å². The fourth-order valence-corrected chi connectivity index (χ4v) is 2.71. The molecule has 3 rings (SSSR count). The number of hydrazone groups is 1. The monoisotopic (exact) mass is 418 g/mol. The Hall–Kier alpha value is -4.53. The van der Waals surface area contributed by atoms with Crippen LogP contribution in [-0.4, -0.2) is 28.9 Å². The standard InChI is InChI=1S/C22H18N4O5/c23-25-21(22(28)16-4-2-1-3-5-16)15-6-12-19(13-7-15)31-14-20(27)24-17-8-10-18(11-9-17)26(29)30/h1-13H,14,23H2,(H,24,27)/b25-21+. The van der Waals surface area contributed by atoms with Crippen molar-refractivity contribution in [3.63, 3.8) is 0 Å². The topological polar surface area (TPSA) is 137 Å². The minimum atomic E-state index is -0.521. The largest absolute Gasteiger partial charge is 0.484 e. The van der Waals surface area contributed by atoms with Crippen molar-refractivity contribution in [1.29, 1.82) is 0 Å². The van der Waals surface area contributed by atoms with E-state index in [2.05, 4.69) is 10.4 Å². The van der Waals surface area contributed by atoms with Crippen molar-refractivity contribution in [2.75, 3.05) is 11.9 Å². The molecule has 3 aromatic carbocycles. The van der Waals surface area contributed by atoms with Crippen LogP contribution in [0.15, 0.2) is 84.0 Å². The van der Waals surface area contributed by atoms with Gasteiger partial charge >= 0.3 is 0 Å². The number of amides is 1. The zero-order valence-electron chi connectivity index (χ0n) is 16.2. The second-order valence-corrected chi connectivity index (χ2v) is 6.34. The number of carbonyl (C=O) groups excluding carboxylic acids is 2. The van der Waals surface area contributed by atoms with Gasteiger partial charge in [0, 0.05) is 28.9 Å². The van der Waals surface area contributed by atoms with Crippen LogP contribution in [0.25, 0.3) is 0 Å². The molecule has 1 amide bonds. The second kappa shape index (κ2) is 9.79. The number of ether oxygens (including phenoxy) is 1. The van der Waals surface area contributed by atoms with E-state index in [1.165, 1.54) is 24.3 Å². The van der Waals surface area contributed by atoms with Crippen molar-refractivity contribution < 1.29 is 19.2 Å². The van der Waals surface area contributed by atoms with Gasteiger partial charge in [0.15, 0.2) is 6.61 Å². The van der Waals surface area contributed by atoms with Crippen molar-refractivity contribution in [3.05, 3.63) is 100 Å². The third-order valence-corrected chi connectivity index (χ3v) is 4.24. The summed E-state index contributed by atoms with van der Waals surface area (Å²) in [6, 6.07) is 20.5. The van der Waals surface area contributed by atoms with E-state index in [1.54, 1.807) is 54.6 Å². The second-order valence-electron chi connectivity index (χ2n) is 6.34. The van der Waals surface area contributed by atoms with Gasteiger partial charge in [0.05, 0.1) is 4.92 Å². The van der Waals surface area contributed by atoms with E-state index in [9.17, 15) is 19.7 Å². The minimum absolute atomic E-state index is 0.0690. The first kappa shape index (κ1) is 21.2. The summed E-state index contributed by atoms with van der Waals surface area (Å²) in [7, 11) is 0. The first-order valence-corrected chi connectivity index (χ1v) is 9.13. The average Bonchev–Trinajstić information content (AvgIpc) is 2.80. The van der Waals surface area contributed by atoms with E-state index in [-0.39, 0.29) is 23.8 Å². The van der Waals surface area contributed by atoms with E-state index in [4.69, 9.17) is 10.6 Å². The first-order valence-electron chi connectivity index (χ1n) is 9.13. The van der Waals surface area contributed by atoms with Crippen LogP contribution in [0, 0.1) is 10.1 Å². The molecule has 31 heavy (non-hydrogen) atoms. The highest BCUT2D eigenvalue weighted by Crippen LogP contribution is 2.17. The van der Waals surface area contributed by atoms with Gasteiger partial charge in [-0.1, -0.05) is 30.3 Å². The molecule has 0 atom stereocenters. The van der Waals surface area contributed by atoms with Crippen molar-refractivity contribution in [2.24, 2.45) is 10.9 Å². The molecule has 0 saturated heterocycles. The fourth-order valence-electron chi connectivity index (χ4n) is 2.71. The number of nitro benzene ring substituents is 1. The number of nitro groups is 1. The molecular weight excluding hydrogens is 400 g/mol. The lowest BCUT2D eigenvalue weighted by atomic mass is 10.0. The van der Waals surface area contributed by atoms with Gasteiger partial charge in [-0.2, -0.15) is 5.10 Å². The fraction of sp³-hybridized carbons (Fsp3) is 0.0455. The quantitative estimate of drug-likeness (QED) is 0.190. The molecule has 0 unspecified atom stereocenters. The van der Waals surface area contributed by atoms with Gasteiger partial charge in [-0.25, -0.2) is 0 Å². The lowest BCUT2D eigenvalue weighted by molar-refractivity contribution is -0.384. The van der Waals surface area contributed by atoms with Gasteiger partial charge < -0.3 is 15.9 Å². The summed E-state index contributed by atoms with van der Waals surface area (Å²) in [5.41, 5.74) is 1.43. The highest BCUT2D eigenvalue weighted by molar-refractivity contribution is 6.51. The molecule has 9 heteroatoms. The van der Waals surface area contributed by atoms with Gasteiger partial charge in [-0.3, -0.25) is 19.7 Å². The SMILES string of the molecule is N/N=C(/C(=O)c1ccccc1)c1ccc(OCC(=O)Nc2ccc([N+](=O)[O-])cc2)cc1. The Bertz CT molecular complexity index is 1110. The van der Waals surface area contributed by atoms with E-state index in [0.29, 0.717) is 22.6 Å². The number of non-ortho nitro benzene ring substituents is 1. The highest BCUT2D eigenvalue weighted by Gasteiger charge is 2.16. The zero-order valence-corrected chi connectivity index (χ0v) is 16.2. The molecule has 0 heterocycles. The van der Waals surface area contributed by atoms with Crippen LogP contribution in [0.1, 0.15) is 15.9 Å². The summed E-state index contributed by atoms with van der Waals surface area (Å²) in [5.74, 6) is 5.10. The molecule has 0 aromatic heterocycles. The van der Waals surface area contributed by atoms with Gasteiger partial charge in [-0.05, 0) is 36.4 Å². The number of nitrogens with two attached hydrogens (primary N) is 1. The van der Waals surface area contributed by atoms with Crippen molar-refractivity contribution in [3.8, 4) is 5.75 Å². The van der Waals surface area contributed by atoms with E-state index < -0.39 is 10.8 Å². The molecule has 0 spiro atoms. The summed E-state index contributed by atoms with van der Waals surface area (Å²) >= 11 is 0. The number of hydrogen-bond donors (Lipinski definition) is 2. The van der Waals surface area contributed by atoms with Crippen molar-refractivity contribution >= 4 is 28.8 Å². The summed E-state index contributed by atoms with van der Waals surface area (Å²) in [5, 5.41) is 16.9. The summed E-state index contributed by atoms with van der Waals surface area (Å²) in [4.78, 5) is 34.7. The van der Waals surface area contributed by atoms with Gasteiger partial charge in [0.25, 0.3) is 11.6 Å². The van der Waals surface area contributed by atoms with Crippen LogP contribution in [0.3, 0.4) is 0 Å². The average molecular weight is 418 g/mol. The Balaban J connectivity index is 1.58. The Morgan fingerprint density at radius 3 is 2.16 bits per heavy atom.